The minimum Gasteiger partial charge on any atom is -0.479 e. The smallest absolute Gasteiger partial charge is 0.344 e. The van der Waals surface area contributed by atoms with Gasteiger partial charge in [-0.1, -0.05) is 31.0 Å². The zero-order valence-electron chi connectivity index (χ0n) is 10.4. The minimum absolute atomic E-state index is 0.302. The van der Waals surface area contributed by atoms with E-state index in [1.807, 2.05) is 6.92 Å². The third-order valence-electron chi connectivity index (χ3n) is 2.53. The summed E-state index contributed by atoms with van der Waals surface area (Å²) in [5.41, 5.74) is 0.662. The normalized spacial score (nSPS) is 14.0. The molecule has 0 aromatic heterocycles. The molecule has 1 rings (SSSR count). The zero-order valence-corrected chi connectivity index (χ0v) is 11.1. The molecule has 0 saturated heterocycles. The number of rotatable bonds is 6. The van der Waals surface area contributed by atoms with Crippen LogP contribution in [0.15, 0.2) is 18.2 Å². The van der Waals surface area contributed by atoms with Crippen LogP contribution < -0.4 is 4.74 Å². The van der Waals surface area contributed by atoms with Crippen LogP contribution in [0.5, 0.6) is 5.75 Å². The molecule has 18 heavy (non-hydrogen) atoms. The van der Waals surface area contributed by atoms with Gasteiger partial charge in [-0.3, -0.25) is 0 Å². The van der Waals surface area contributed by atoms with E-state index in [1.165, 1.54) is 0 Å². The fourth-order valence-electron chi connectivity index (χ4n) is 1.52. The Balaban J connectivity index is 2.86. The highest BCUT2D eigenvalue weighted by atomic mass is 35.5. The molecule has 100 valence electrons. The van der Waals surface area contributed by atoms with Crippen LogP contribution in [0.25, 0.3) is 0 Å². The Kier molecular flexibility index (Phi) is 5.44. The molecule has 0 amide bonds. The molecule has 4 nitrogen and oxygen atoms in total. The van der Waals surface area contributed by atoms with E-state index in [0.29, 0.717) is 29.2 Å². The molecule has 1 aromatic rings. The summed E-state index contributed by atoms with van der Waals surface area (Å²) in [6.45, 7) is 3.51. The first-order valence-corrected chi connectivity index (χ1v) is 6.20. The van der Waals surface area contributed by atoms with Gasteiger partial charge in [0.15, 0.2) is 6.10 Å². The maximum Gasteiger partial charge on any atom is 0.344 e. The van der Waals surface area contributed by atoms with Gasteiger partial charge in [0.25, 0.3) is 0 Å². The lowest BCUT2D eigenvalue weighted by Gasteiger charge is -2.16. The SMILES string of the molecule is CCCC(Oc1ccc([C@@H](C)O)cc1Cl)C(=O)O. The summed E-state index contributed by atoms with van der Waals surface area (Å²) in [5, 5.41) is 18.7. The van der Waals surface area contributed by atoms with Crippen LogP contribution >= 0.6 is 11.6 Å². The first-order valence-electron chi connectivity index (χ1n) is 5.82. The van der Waals surface area contributed by atoms with E-state index < -0.39 is 18.2 Å². The maximum atomic E-state index is 11.0. The number of hydrogen-bond donors (Lipinski definition) is 2. The van der Waals surface area contributed by atoms with Gasteiger partial charge in [0.1, 0.15) is 5.75 Å². The van der Waals surface area contributed by atoms with E-state index in [4.69, 9.17) is 21.4 Å². The predicted molar refractivity (Wildman–Crippen MR) is 69.0 cm³/mol. The molecular weight excluding hydrogens is 256 g/mol. The van der Waals surface area contributed by atoms with Crippen LogP contribution in [-0.4, -0.2) is 22.3 Å². The molecule has 0 saturated carbocycles. The molecule has 0 aliphatic carbocycles. The predicted octanol–water partition coefficient (Wildman–Crippen LogP) is 3.03. The van der Waals surface area contributed by atoms with Gasteiger partial charge >= 0.3 is 5.97 Å². The van der Waals surface area contributed by atoms with Crippen molar-refractivity contribution in [1.29, 1.82) is 0 Å². The Labute approximate surface area is 111 Å². The lowest BCUT2D eigenvalue weighted by atomic mass is 10.1. The third-order valence-corrected chi connectivity index (χ3v) is 2.83. The van der Waals surface area contributed by atoms with Gasteiger partial charge in [0.05, 0.1) is 11.1 Å². The third kappa shape index (κ3) is 3.89. The summed E-state index contributed by atoms with van der Waals surface area (Å²) >= 11 is 5.99. The van der Waals surface area contributed by atoms with Crippen molar-refractivity contribution in [1.82, 2.24) is 0 Å². The number of aliphatic hydroxyl groups is 1. The Morgan fingerprint density at radius 3 is 2.61 bits per heavy atom. The lowest BCUT2D eigenvalue weighted by molar-refractivity contribution is -0.145. The number of aliphatic carboxylic acids is 1. The van der Waals surface area contributed by atoms with Crippen LogP contribution in [-0.2, 0) is 4.79 Å². The molecule has 0 aliphatic heterocycles. The number of aliphatic hydroxyl groups excluding tert-OH is 1. The van der Waals surface area contributed by atoms with Crippen LogP contribution in [0.2, 0.25) is 5.02 Å². The molecule has 2 atom stereocenters. The molecule has 5 heteroatoms. The van der Waals surface area contributed by atoms with Gasteiger partial charge in [-0.25, -0.2) is 4.79 Å². The Morgan fingerprint density at radius 1 is 1.50 bits per heavy atom. The fraction of sp³-hybridized carbons (Fsp3) is 0.462. The Hall–Kier alpha value is -1.26. The van der Waals surface area contributed by atoms with Gasteiger partial charge in [-0.15, -0.1) is 0 Å². The monoisotopic (exact) mass is 272 g/mol. The van der Waals surface area contributed by atoms with Gasteiger partial charge in [0, 0.05) is 0 Å². The number of carbonyl (C=O) groups is 1. The molecule has 0 fully saturated rings. The van der Waals surface area contributed by atoms with Crippen LogP contribution in [0.1, 0.15) is 38.4 Å². The van der Waals surface area contributed by atoms with Crippen molar-refractivity contribution in [3.05, 3.63) is 28.8 Å². The van der Waals surface area contributed by atoms with E-state index in [-0.39, 0.29) is 0 Å². The van der Waals surface area contributed by atoms with Crippen LogP contribution in [0.3, 0.4) is 0 Å². The fourth-order valence-corrected chi connectivity index (χ4v) is 1.75. The molecular formula is C13H17ClO4. The van der Waals surface area contributed by atoms with Crippen molar-refractivity contribution in [2.24, 2.45) is 0 Å². The second kappa shape index (κ2) is 6.61. The van der Waals surface area contributed by atoms with Gasteiger partial charge in [-0.05, 0) is 31.0 Å². The highest BCUT2D eigenvalue weighted by Crippen LogP contribution is 2.29. The molecule has 1 aromatic carbocycles. The largest absolute Gasteiger partial charge is 0.479 e. The number of carboxylic acids is 1. The second-order valence-corrected chi connectivity index (χ2v) is 4.51. The van der Waals surface area contributed by atoms with E-state index in [1.54, 1.807) is 25.1 Å². The summed E-state index contributed by atoms with van der Waals surface area (Å²) in [7, 11) is 0. The van der Waals surface area contributed by atoms with E-state index in [9.17, 15) is 9.90 Å². The average molecular weight is 273 g/mol. The highest BCUT2D eigenvalue weighted by molar-refractivity contribution is 6.32. The van der Waals surface area contributed by atoms with Crippen LogP contribution in [0.4, 0.5) is 0 Å². The molecule has 0 aliphatic rings. The summed E-state index contributed by atoms with van der Waals surface area (Å²) in [4.78, 5) is 11.0. The topological polar surface area (TPSA) is 66.8 Å². The van der Waals surface area contributed by atoms with Crippen molar-refractivity contribution < 1.29 is 19.7 Å². The zero-order chi connectivity index (χ0) is 13.7. The van der Waals surface area contributed by atoms with E-state index in [0.717, 1.165) is 0 Å². The summed E-state index contributed by atoms with van der Waals surface area (Å²) in [6.07, 6.45) is -0.392. The number of ether oxygens (including phenoxy) is 1. The van der Waals surface area contributed by atoms with E-state index in [2.05, 4.69) is 0 Å². The Morgan fingerprint density at radius 2 is 2.17 bits per heavy atom. The van der Waals surface area contributed by atoms with Gasteiger partial charge in [0.2, 0.25) is 0 Å². The number of benzene rings is 1. The molecule has 0 spiro atoms. The minimum atomic E-state index is -1.01. The van der Waals surface area contributed by atoms with Crippen LogP contribution in [0, 0.1) is 0 Å². The van der Waals surface area contributed by atoms with Crippen molar-refractivity contribution in [2.45, 2.75) is 38.9 Å². The summed E-state index contributed by atoms with van der Waals surface area (Å²) < 4.78 is 5.37. The summed E-state index contributed by atoms with van der Waals surface area (Å²) in [6, 6.07) is 4.82. The molecule has 1 unspecified atom stereocenters. The standard InChI is InChI=1S/C13H17ClO4/c1-3-4-12(13(16)17)18-11-6-5-9(8(2)15)7-10(11)14/h5-8,12,15H,3-4H2,1-2H3,(H,16,17)/t8-,12?/m1/s1. The van der Waals surface area contributed by atoms with Gasteiger partial charge < -0.3 is 14.9 Å². The van der Waals surface area contributed by atoms with Crippen molar-refractivity contribution in [2.75, 3.05) is 0 Å². The quantitative estimate of drug-likeness (QED) is 0.835. The first-order chi connectivity index (χ1) is 8.45. The lowest BCUT2D eigenvalue weighted by Crippen LogP contribution is -2.26. The number of halogens is 1. The molecule has 0 heterocycles. The average Bonchev–Trinajstić information content (AvgIpc) is 2.30. The molecule has 2 N–H and O–H groups in total. The van der Waals surface area contributed by atoms with Crippen molar-refractivity contribution in [3.8, 4) is 5.75 Å². The number of carboxylic acid groups (broad SMARTS) is 1. The maximum absolute atomic E-state index is 11.0. The second-order valence-electron chi connectivity index (χ2n) is 4.10. The molecule has 0 radical (unpaired) electrons. The van der Waals surface area contributed by atoms with Crippen molar-refractivity contribution in [3.63, 3.8) is 0 Å². The van der Waals surface area contributed by atoms with Crippen molar-refractivity contribution >= 4 is 17.6 Å². The Bertz CT molecular complexity index is 417. The van der Waals surface area contributed by atoms with E-state index >= 15 is 0 Å². The van der Waals surface area contributed by atoms with Gasteiger partial charge in [-0.2, -0.15) is 0 Å². The summed E-state index contributed by atoms with van der Waals surface area (Å²) in [5.74, 6) is -0.686. The first kappa shape index (κ1) is 14.8. The molecule has 0 bridgehead atoms. The highest BCUT2D eigenvalue weighted by Gasteiger charge is 2.19. The number of hydrogen-bond acceptors (Lipinski definition) is 3.